The second-order valence-corrected chi connectivity index (χ2v) is 11.3. The van der Waals surface area contributed by atoms with Gasteiger partial charge < -0.3 is 20.1 Å². The molecular formula is C25H36N4O3. The third-order valence-corrected chi connectivity index (χ3v) is 8.96. The summed E-state index contributed by atoms with van der Waals surface area (Å²) >= 11 is 0. The van der Waals surface area contributed by atoms with Crippen molar-refractivity contribution >= 4 is 11.9 Å². The minimum atomic E-state index is -0.480. The number of nitrogens with zero attached hydrogens (tertiary/aromatic N) is 3. The molecule has 2 unspecified atom stereocenters. The van der Waals surface area contributed by atoms with Gasteiger partial charge in [-0.1, -0.05) is 12.8 Å². The van der Waals surface area contributed by atoms with Gasteiger partial charge in [0.25, 0.3) is 5.91 Å². The molecule has 0 radical (unpaired) electrons. The van der Waals surface area contributed by atoms with Crippen LogP contribution in [0.1, 0.15) is 86.7 Å². The smallest absolute Gasteiger partial charge is 0.254 e. The predicted octanol–water partition coefficient (Wildman–Crippen LogP) is 3.03. The van der Waals surface area contributed by atoms with Crippen LogP contribution in [0.3, 0.4) is 0 Å². The lowest BCUT2D eigenvalue weighted by molar-refractivity contribution is -0.136. The first-order chi connectivity index (χ1) is 15.5. The number of carbonyl (C=O) groups excluding carboxylic acids is 1. The van der Waals surface area contributed by atoms with Gasteiger partial charge in [0, 0.05) is 24.7 Å². The van der Waals surface area contributed by atoms with Gasteiger partial charge in [0.15, 0.2) is 0 Å². The van der Waals surface area contributed by atoms with Crippen molar-refractivity contribution < 1.29 is 14.6 Å². The molecular weight excluding hydrogens is 404 g/mol. The second-order valence-electron chi connectivity index (χ2n) is 11.3. The Morgan fingerprint density at radius 1 is 1.22 bits per heavy atom. The summed E-state index contributed by atoms with van der Waals surface area (Å²) in [5.74, 6) is 2.50. The number of amides is 1. The van der Waals surface area contributed by atoms with Gasteiger partial charge in [-0.2, -0.15) is 0 Å². The first-order valence-corrected chi connectivity index (χ1v) is 12.7. The zero-order valence-electron chi connectivity index (χ0n) is 19.1. The summed E-state index contributed by atoms with van der Waals surface area (Å²) in [6.07, 6.45) is 11.3. The Morgan fingerprint density at radius 3 is 2.66 bits per heavy atom. The van der Waals surface area contributed by atoms with Crippen molar-refractivity contribution in [3.63, 3.8) is 0 Å². The predicted molar refractivity (Wildman–Crippen MR) is 121 cm³/mol. The van der Waals surface area contributed by atoms with Crippen LogP contribution in [0.15, 0.2) is 6.20 Å². The van der Waals surface area contributed by atoms with Crippen molar-refractivity contribution in [1.29, 1.82) is 0 Å². The minimum absolute atomic E-state index is 0.0158. The lowest BCUT2D eigenvalue weighted by Crippen LogP contribution is -2.61. The zero-order valence-corrected chi connectivity index (χ0v) is 19.1. The number of aromatic nitrogens is 2. The molecule has 1 aromatic heterocycles. The van der Waals surface area contributed by atoms with Gasteiger partial charge in [0.05, 0.1) is 36.1 Å². The highest BCUT2D eigenvalue weighted by Gasteiger charge is 2.55. The maximum Gasteiger partial charge on any atom is 0.254 e. The van der Waals surface area contributed by atoms with Crippen LogP contribution in [-0.4, -0.2) is 58.4 Å². The summed E-state index contributed by atoms with van der Waals surface area (Å²) in [6, 6.07) is 0.411. The lowest BCUT2D eigenvalue weighted by Gasteiger charge is -2.58. The Hall–Kier alpha value is -1.73. The molecule has 2 heterocycles. The number of carbonyl (C=O) groups is 1. The van der Waals surface area contributed by atoms with Gasteiger partial charge in [-0.25, -0.2) is 9.97 Å². The fourth-order valence-corrected chi connectivity index (χ4v) is 7.68. The summed E-state index contributed by atoms with van der Waals surface area (Å²) in [6.45, 7) is 4.29. The highest BCUT2D eigenvalue weighted by Crippen LogP contribution is 2.55. The molecule has 0 aromatic carbocycles. The summed E-state index contributed by atoms with van der Waals surface area (Å²) in [5, 5.41) is 14.3. The number of morpholine rings is 1. The van der Waals surface area contributed by atoms with Gasteiger partial charge in [-0.15, -0.1) is 0 Å². The maximum atomic E-state index is 13.6. The highest BCUT2D eigenvalue weighted by molar-refractivity contribution is 5.95. The molecule has 1 saturated heterocycles. The third kappa shape index (κ3) is 3.61. The van der Waals surface area contributed by atoms with Crippen LogP contribution in [0, 0.1) is 17.8 Å². The second kappa shape index (κ2) is 7.94. The minimum Gasteiger partial charge on any atom is -0.390 e. The molecule has 4 bridgehead atoms. The molecule has 0 spiro atoms. The van der Waals surface area contributed by atoms with Crippen LogP contribution in [0.25, 0.3) is 0 Å². The van der Waals surface area contributed by atoms with Crippen LogP contribution in [0.4, 0.5) is 5.95 Å². The Kier molecular flexibility index (Phi) is 5.17. The molecule has 7 rings (SSSR count). The topological polar surface area (TPSA) is 87.6 Å². The number of ether oxygens (including phenoxy) is 1. The van der Waals surface area contributed by atoms with Gasteiger partial charge >= 0.3 is 0 Å². The van der Waals surface area contributed by atoms with Crippen molar-refractivity contribution in [2.24, 2.45) is 17.8 Å². The summed E-state index contributed by atoms with van der Waals surface area (Å²) < 4.78 is 5.58. The quantitative estimate of drug-likeness (QED) is 0.748. The number of nitrogens with one attached hydrogen (secondary N) is 1. The number of hydrogen-bond acceptors (Lipinski definition) is 6. The molecule has 3 atom stereocenters. The Morgan fingerprint density at radius 2 is 1.97 bits per heavy atom. The summed E-state index contributed by atoms with van der Waals surface area (Å²) in [5.41, 5.74) is 1.12. The van der Waals surface area contributed by atoms with Crippen LogP contribution in [0.2, 0.25) is 0 Å². The molecule has 5 aliphatic carbocycles. The van der Waals surface area contributed by atoms with E-state index in [-0.39, 0.29) is 18.0 Å². The average molecular weight is 441 g/mol. The number of rotatable bonds is 4. The fourth-order valence-electron chi connectivity index (χ4n) is 7.68. The standard InChI is InChI=1S/C25H36N4O3/c1-15-14-32-7-6-29(15)24-26-13-20(22(28-24)17-4-2-3-5-17)23(30)27-21-18-8-16-9-19(21)12-25(31,10-16)11-18/h13,15-19,21,31H,2-12,14H2,1H3,(H,27,30)/t15-,16?,18?,19?,21-,25+/m0/s1. The zero-order chi connectivity index (χ0) is 21.9. The van der Waals surface area contributed by atoms with Gasteiger partial charge in [-0.3, -0.25) is 4.79 Å². The third-order valence-electron chi connectivity index (χ3n) is 8.96. The Bertz CT molecular complexity index is 870. The number of hydrogen-bond donors (Lipinski definition) is 2. The molecule has 7 heteroatoms. The molecule has 6 fully saturated rings. The van der Waals surface area contributed by atoms with Crippen LogP contribution in [-0.2, 0) is 4.74 Å². The van der Waals surface area contributed by atoms with Crippen molar-refractivity contribution in [3.05, 3.63) is 17.5 Å². The van der Waals surface area contributed by atoms with Gasteiger partial charge in [-0.05, 0) is 69.6 Å². The van der Waals surface area contributed by atoms with Crippen molar-refractivity contribution in [2.75, 3.05) is 24.7 Å². The highest BCUT2D eigenvalue weighted by atomic mass is 16.5. The van der Waals surface area contributed by atoms with Crippen LogP contribution < -0.4 is 10.2 Å². The molecule has 1 aromatic rings. The average Bonchev–Trinajstić information content (AvgIpc) is 3.30. The normalized spacial score (nSPS) is 38.9. The lowest BCUT2D eigenvalue weighted by atomic mass is 9.52. The Balaban J connectivity index is 1.26. The van der Waals surface area contributed by atoms with Gasteiger partial charge in [0.2, 0.25) is 5.95 Å². The summed E-state index contributed by atoms with van der Waals surface area (Å²) in [4.78, 5) is 25.4. The SMILES string of the molecule is C[C@H]1COCCN1c1ncc(C(=O)N[C@H]2C3CC4CC2C[C@@](O)(C4)C3)c(C2CCCC2)n1. The van der Waals surface area contributed by atoms with Crippen molar-refractivity contribution in [1.82, 2.24) is 15.3 Å². The molecule has 2 N–H and O–H groups in total. The number of anilines is 1. The van der Waals surface area contributed by atoms with E-state index in [1.54, 1.807) is 6.20 Å². The van der Waals surface area contributed by atoms with Crippen LogP contribution in [0.5, 0.6) is 0 Å². The molecule has 174 valence electrons. The van der Waals surface area contributed by atoms with Crippen LogP contribution >= 0.6 is 0 Å². The molecule has 1 amide bonds. The van der Waals surface area contributed by atoms with E-state index in [9.17, 15) is 9.90 Å². The molecule has 6 aliphatic rings. The van der Waals surface area contributed by atoms with E-state index in [0.717, 1.165) is 63.1 Å². The van der Waals surface area contributed by atoms with E-state index < -0.39 is 5.60 Å². The van der Waals surface area contributed by atoms with Gasteiger partial charge in [0.1, 0.15) is 0 Å². The van der Waals surface area contributed by atoms with E-state index in [2.05, 4.69) is 22.1 Å². The van der Waals surface area contributed by atoms with E-state index >= 15 is 0 Å². The molecule has 5 saturated carbocycles. The van der Waals surface area contributed by atoms with E-state index in [1.165, 1.54) is 12.8 Å². The maximum absolute atomic E-state index is 13.6. The largest absolute Gasteiger partial charge is 0.390 e. The van der Waals surface area contributed by atoms with E-state index in [1.807, 2.05) is 0 Å². The Labute approximate surface area is 190 Å². The van der Waals surface area contributed by atoms with E-state index in [4.69, 9.17) is 9.72 Å². The number of aliphatic hydroxyl groups is 1. The molecule has 7 nitrogen and oxygen atoms in total. The fraction of sp³-hybridized carbons (Fsp3) is 0.800. The summed E-state index contributed by atoms with van der Waals surface area (Å²) in [7, 11) is 0. The monoisotopic (exact) mass is 440 g/mol. The van der Waals surface area contributed by atoms with Crippen molar-refractivity contribution in [3.8, 4) is 0 Å². The van der Waals surface area contributed by atoms with E-state index in [0.29, 0.717) is 42.4 Å². The molecule has 1 aliphatic heterocycles. The first-order valence-electron chi connectivity index (χ1n) is 12.7. The molecule has 32 heavy (non-hydrogen) atoms. The first kappa shape index (κ1) is 20.8. The van der Waals surface area contributed by atoms with Crippen molar-refractivity contribution in [2.45, 2.75) is 88.3 Å².